The van der Waals surface area contributed by atoms with Crippen LogP contribution in [0.3, 0.4) is 0 Å². The number of hydrogen-bond donors (Lipinski definition) is 1. The van der Waals surface area contributed by atoms with Gasteiger partial charge in [-0.1, -0.05) is 12.1 Å². The normalized spacial score (nSPS) is 12.2. The molecule has 2 aromatic rings. The molecule has 0 bridgehead atoms. The molecular formula is C17H19FN2O4S. The lowest BCUT2D eigenvalue weighted by atomic mass is 10.1. The first-order valence-corrected chi connectivity index (χ1v) is 8.61. The zero-order valence-electron chi connectivity index (χ0n) is 13.9. The molecule has 0 saturated carbocycles. The second kappa shape index (κ2) is 8.80. The minimum Gasteiger partial charge on any atom is -0.465 e. The van der Waals surface area contributed by atoms with Crippen molar-refractivity contribution in [2.75, 3.05) is 13.7 Å². The molecule has 0 spiro atoms. The first kappa shape index (κ1) is 19.2. The van der Waals surface area contributed by atoms with Crippen molar-refractivity contribution in [2.24, 2.45) is 0 Å². The number of aryl methyl sites for hydroxylation is 1. The molecule has 1 unspecified atom stereocenters. The molecule has 1 aromatic heterocycles. The maximum Gasteiger partial charge on any atom is 0.339 e. The van der Waals surface area contributed by atoms with Gasteiger partial charge in [-0.3, -0.25) is 9.54 Å². The van der Waals surface area contributed by atoms with Crippen molar-refractivity contribution in [1.29, 1.82) is 0 Å². The number of aromatic nitrogens is 1. The van der Waals surface area contributed by atoms with Gasteiger partial charge < -0.3 is 4.74 Å². The van der Waals surface area contributed by atoms with Crippen molar-refractivity contribution in [3.63, 3.8) is 0 Å². The molecule has 6 nitrogen and oxygen atoms in total. The predicted octanol–water partition coefficient (Wildman–Crippen LogP) is 2.50. The first-order chi connectivity index (χ1) is 11.9. The smallest absolute Gasteiger partial charge is 0.339 e. The van der Waals surface area contributed by atoms with Crippen molar-refractivity contribution in [1.82, 2.24) is 9.29 Å². The van der Waals surface area contributed by atoms with Crippen molar-refractivity contribution < 1.29 is 22.7 Å². The number of hydrogen-bond acceptors (Lipinski definition) is 4. The summed E-state index contributed by atoms with van der Waals surface area (Å²) in [6, 6.07) is 7.92. The number of esters is 1. The number of rotatable bonds is 7. The molecule has 1 atom stereocenters. The second-order valence-corrected chi connectivity index (χ2v) is 6.44. The molecule has 0 fully saturated rings. The number of carbonyl (C=O) groups is 1. The lowest BCUT2D eigenvalue weighted by Gasteiger charge is -2.17. The Balaban J connectivity index is 2.01. The zero-order chi connectivity index (χ0) is 18.4. The number of pyridine rings is 1. The van der Waals surface area contributed by atoms with Gasteiger partial charge in [0.15, 0.2) is 0 Å². The molecule has 1 N–H and O–H groups in total. The topological polar surface area (TPSA) is 79.7 Å². The van der Waals surface area contributed by atoms with Gasteiger partial charge in [0.25, 0.3) is 0 Å². The van der Waals surface area contributed by atoms with Gasteiger partial charge in [0.2, 0.25) is 11.3 Å². The van der Waals surface area contributed by atoms with Gasteiger partial charge in [-0.2, -0.15) is 4.31 Å². The third-order valence-electron chi connectivity index (χ3n) is 3.68. The highest BCUT2D eigenvalue weighted by molar-refractivity contribution is 7.76. The molecule has 8 heteroatoms. The molecular weight excluding hydrogens is 347 g/mol. The van der Waals surface area contributed by atoms with Gasteiger partial charge in [0.05, 0.1) is 24.9 Å². The van der Waals surface area contributed by atoms with E-state index < -0.39 is 17.2 Å². The average Bonchev–Trinajstić information content (AvgIpc) is 2.61. The molecule has 0 aliphatic carbocycles. The fourth-order valence-electron chi connectivity index (χ4n) is 2.27. The lowest BCUT2D eigenvalue weighted by molar-refractivity contribution is 0.0600. The van der Waals surface area contributed by atoms with Crippen LogP contribution in [0, 0.1) is 12.7 Å². The number of methoxy groups -OCH3 is 1. The Morgan fingerprint density at radius 2 is 2.12 bits per heavy atom. The SMILES string of the molecule is COC(=O)c1ccc(CN(CCc2ccc(F)c(C)c2)S(=O)O)nc1. The van der Waals surface area contributed by atoms with Crippen LogP contribution in [0.5, 0.6) is 0 Å². The predicted molar refractivity (Wildman–Crippen MR) is 91.6 cm³/mol. The Bertz CT molecular complexity index is 768. The monoisotopic (exact) mass is 366 g/mol. The third-order valence-corrected chi connectivity index (χ3v) is 4.43. The van der Waals surface area contributed by atoms with E-state index in [1.807, 2.05) is 0 Å². The summed E-state index contributed by atoms with van der Waals surface area (Å²) in [6.07, 6.45) is 1.86. The molecule has 1 heterocycles. The zero-order valence-corrected chi connectivity index (χ0v) is 14.8. The van der Waals surface area contributed by atoms with Crippen molar-refractivity contribution >= 4 is 17.2 Å². The summed E-state index contributed by atoms with van der Waals surface area (Å²) in [6.45, 7) is 2.12. The van der Waals surface area contributed by atoms with Crippen LogP contribution < -0.4 is 0 Å². The van der Waals surface area contributed by atoms with Crippen LogP contribution >= 0.6 is 0 Å². The van der Waals surface area contributed by atoms with Crippen molar-refractivity contribution in [2.45, 2.75) is 19.9 Å². The molecule has 134 valence electrons. The minimum atomic E-state index is -2.18. The highest BCUT2D eigenvalue weighted by Crippen LogP contribution is 2.12. The number of halogens is 1. The summed E-state index contributed by atoms with van der Waals surface area (Å²) in [5.41, 5.74) is 2.27. The van der Waals surface area contributed by atoms with Gasteiger partial charge in [-0.25, -0.2) is 13.4 Å². The van der Waals surface area contributed by atoms with E-state index in [0.29, 0.717) is 29.8 Å². The molecule has 0 saturated heterocycles. The number of ether oxygens (including phenoxy) is 1. The molecule has 1 aromatic carbocycles. The van der Waals surface area contributed by atoms with Crippen molar-refractivity contribution in [3.05, 3.63) is 64.7 Å². The van der Waals surface area contributed by atoms with Gasteiger partial charge in [-0.05, 0) is 42.7 Å². The van der Waals surface area contributed by atoms with E-state index in [2.05, 4.69) is 9.72 Å². The molecule has 0 aliphatic rings. The van der Waals surface area contributed by atoms with Gasteiger partial charge in [0, 0.05) is 12.7 Å². The van der Waals surface area contributed by atoms with E-state index in [4.69, 9.17) is 0 Å². The fraction of sp³-hybridized carbons (Fsp3) is 0.294. The molecule has 0 aliphatic heterocycles. The van der Waals surface area contributed by atoms with E-state index in [0.717, 1.165) is 5.56 Å². The summed E-state index contributed by atoms with van der Waals surface area (Å²) >= 11 is -2.18. The average molecular weight is 366 g/mol. The number of carbonyl (C=O) groups excluding carboxylic acids is 1. The quantitative estimate of drug-likeness (QED) is 0.602. The standard InChI is InChI=1S/C17H19FN2O4S/c1-12-9-13(3-6-16(12)18)7-8-20(25(22)23)11-15-5-4-14(10-19-15)17(21)24-2/h3-6,9-10H,7-8,11H2,1-2H3,(H,22,23). The van der Waals surface area contributed by atoms with Crippen LogP contribution in [0.15, 0.2) is 36.5 Å². The van der Waals surface area contributed by atoms with Crippen LogP contribution in [-0.4, -0.2) is 37.7 Å². The minimum absolute atomic E-state index is 0.144. The van der Waals surface area contributed by atoms with E-state index in [1.165, 1.54) is 23.7 Å². The Kier molecular flexibility index (Phi) is 6.74. The van der Waals surface area contributed by atoms with Gasteiger partial charge in [0.1, 0.15) is 5.82 Å². The maximum absolute atomic E-state index is 13.3. The van der Waals surface area contributed by atoms with Crippen LogP contribution in [0.1, 0.15) is 27.2 Å². The summed E-state index contributed by atoms with van der Waals surface area (Å²) in [4.78, 5) is 15.5. The fourth-order valence-corrected chi connectivity index (χ4v) is 2.76. The van der Waals surface area contributed by atoms with Gasteiger partial charge >= 0.3 is 5.97 Å². The highest BCUT2D eigenvalue weighted by atomic mass is 32.2. The van der Waals surface area contributed by atoms with Crippen molar-refractivity contribution in [3.8, 4) is 0 Å². The summed E-state index contributed by atoms with van der Waals surface area (Å²) in [5, 5.41) is 0. The van der Waals surface area contributed by atoms with Crippen LogP contribution in [0.4, 0.5) is 4.39 Å². The summed E-state index contributed by atoms with van der Waals surface area (Å²) < 4.78 is 40.2. The van der Waals surface area contributed by atoms with Crippen LogP contribution in [-0.2, 0) is 29.0 Å². The largest absolute Gasteiger partial charge is 0.465 e. The van der Waals surface area contributed by atoms with Gasteiger partial charge in [-0.15, -0.1) is 0 Å². The van der Waals surface area contributed by atoms with E-state index in [9.17, 15) is 17.9 Å². The molecule has 25 heavy (non-hydrogen) atoms. The van der Waals surface area contributed by atoms with E-state index in [-0.39, 0.29) is 12.4 Å². The maximum atomic E-state index is 13.3. The third kappa shape index (κ3) is 5.42. The Morgan fingerprint density at radius 3 is 2.68 bits per heavy atom. The first-order valence-electron chi connectivity index (χ1n) is 7.55. The van der Waals surface area contributed by atoms with Crippen LogP contribution in [0.25, 0.3) is 0 Å². The highest BCUT2D eigenvalue weighted by Gasteiger charge is 2.14. The molecule has 0 amide bonds. The summed E-state index contributed by atoms with van der Waals surface area (Å²) in [7, 11) is 1.28. The number of nitrogens with zero attached hydrogens (tertiary/aromatic N) is 2. The van der Waals surface area contributed by atoms with E-state index >= 15 is 0 Å². The number of benzene rings is 1. The Labute approximate surface area is 148 Å². The molecule has 2 rings (SSSR count). The summed E-state index contributed by atoms with van der Waals surface area (Å²) in [5.74, 6) is -0.769. The Hall–Kier alpha value is -2.16. The lowest BCUT2D eigenvalue weighted by Crippen LogP contribution is -2.28. The Morgan fingerprint density at radius 1 is 1.36 bits per heavy atom. The van der Waals surface area contributed by atoms with E-state index in [1.54, 1.807) is 31.2 Å². The van der Waals surface area contributed by atoms with Crippen LogP contribution in [0.2, 0.25) is 0 Å². The second-order valence-electron chi connectivity index (χ2n) is 5.46. The molecule has 0 radical (unpaired) electrons.